The van der Waals surface area contributed by atoms with Gasteiger partial charge in [-0.3, -0.25) is 9.59 Å². The molecule has 1 amide bonds. The lowest BCUT2D eigenvalue weighted by molar-refractivity contribution is -0.139. The summed E-state index contributed by atoms with van der Waals surface area (Å²) in [5.41, 5.74) is 1.15. The van der Waals surface area contributed by atoms with E-state index in [0.717, 1.165) is 19.3 Å². The van der Waals surface area contributed by atoms with E-state index < -0.39 is 17.7 Å². The van der Waals surface area contributed by atoms with E-state index in [1.165, 1.54) is 83.8 Å². The van der Waals surface area contributed by atoms with E-state index in [-0.39, 0.29) is 22.8 Å². The largest absolute Gasteiger partial charge is 0.507 e. The lowest BCUT2D eigenvalue weighted by atomic mass is 9.95. The van der Waals surface area contributed by atoms with Crippen LogP contribution in [0.5, 0.6) is 11.5 Å². The van der Waals surface area contributed by atoms with Crippen molar-refractivity contribution in [3.05, 3.63) is 65.2 Å². The van der Waals surface area contributed by atoms with Crippen molar-refractivity contribution in [1.29, 1.82) is 0 Å². The highest BCUT2D eigenvalue weighted by molar-refractivity contribution is 6.46. The molecule has 2 aromatic rings. The number of phenols is 1. The second kappa shape index (κ2) is 16.7. The molecule has 6 nitrogen and oxygen atoms in total. The van der Waals surface area contributed by atoms with Crippen LogP contribution in [0, 0.1) is 0 Å². The summed E-state index contributed by atoms with van der Waals surface area (Å²) in [6, 6.07) is 12.8. The number of aromatic hydroxyl groups is 1. The first-order valence-corrected chi connectivity index (χ1v) is 15.2. The number of unbranched alkanes of at least 4 members (excludes halogenated alkanes) is 13. The Morgan fingerprint density at radius 2 is 1.35 bits per heavy atom. The molecule has 0 radical (unpaired) electrons. The minimum absolute atomic E-state index is 0.0294. The Hall–Kier alpha value is -3.28. The van der Waals surface area contributed by atoms with E-state index in [0.29, 0.717) is 17.7 Å². The van der Waals surface area contributed by atoms with Gasteiger partial charge in [-0.15, -0.1) is 0 Å². The Balaban J connectivity index is 1.57. The number of amides is 1. The van der Waals surface area contributed by atoms with Crippen molar-refractivity contribution >= 4 is 17.4 Å². The lowest BCUT2D eigenvalue weighted by Crippen LogP contribution is -2.30. The maximum Gasteiger partial charge on any atom is 0.295 e. The third-order valence-electron chi connectivity index (χ3n) is 7.86. The Morgan fingerprint density at radius 3 is 1.90 bits per heavy atom. The van der Waals surface area contributed by atoms with Crippen molar-refractivity contribution in [3.63, 3.8) is 0 Å². The number of hydrogen-bond acceptors (Lipinski definition) is 5. The number of carbonyl (C=O) groups is 2. The van der Waals surface area contributed by atoms with Gasteiger partial charge >= 0.3 is 0 Å². The third-order valence-corrected chi connectivity index (χ3v) is 7.86. The molecule has 40 heavy (non-hydrogen) atoms. The number of carbonyl (C=O) groups excluding carboxylic acids is 2. The molecule has 1 fully saturated rings. The number of ether oxygens (including phenoxy) is 1. The van der Waals surface area contributed by atoms with Crippen LogP contribution in [0.25, 0.3) is 5.76 Å². The maximum atomic E-state index is 13.2. The number of nitrogens with zero attached hydrogens (tertiary/aromatic N) is 1. The number of aliphatic hydroxyl groups excluding tert-OH is 1. The molecule has 1 aliphatic heterocycles. The summed E-state index contributed by atoms with van der Waals surface area (Å²) in [6.45, 7) is 2.67. The van der Waals surface area contributed by atoms with E-state index in [1.54, 1.807) is 41.3 Å². The van der Waals surface area contributed by atoms with Crippen molar-refractivity contribution in [1.82, 2.24) is 4.90 Å². The molecule has 6 heteroatoms. The molecule has 0 saturated carbocycles. The first-order chi connectivity index (χ1) is 19.5. The molecule has 1 saturated heterocycles. The summed E-state index contributed by atoms with van der Waals surface area (Å²) >= 11 is 0. The first kappa shape index (κ1) is 31.3. The van der Waals surface area contributed by atoms with Crippen molar-refractivity contribution in [3.8, 4) is 11.5 Å². The van der Waals surface area contributed by atoms with Gasteiger partial charge in [-0.2, -0.15) is 0 Å². The smallest absolute Gasteiger partial charge is 0.295 e. The second-order valence-corrected chi connectivity index (χ2v) is 10.9. The number of benzene rings is 2. The van der Waals surface area contributed by atoms with Crippen LogP contribution >= 0.6 is 0 Å². The van der Waals surface area contributed by atoms with Crippen LogP contribution in [0.2, 0.25) is 0 Å². The Bertz CT molecular complexity index is 1110. The number of methoxy groups -OCH3 is 1. The topological polar surface area (TPSA) is 87.1 Å². The third kappa shape index (κ3) is 8.61. The molecule has 0 spiro atoms. The molecule has 0 aromatic heterocycles. The molecule has 1 aliphatic rings. The predicted molar refractivity (Wildman–Crippen MR) is 160 cm³/mol. The van der Waals surface area contributed by atoms with Gasteiger partial charge in [0.15, 0.2) is 11.5 Å². The highest BCUT2D eigenvalue weighted by Gasteiger charge is 2.46. The molecular formula is C34H47NO5. The highest BCUT2D eigenvalue weighted by atomic mass is 16.5. The summed E-state index contributed by atoms with van der Waals surface area (Å²) in [7, 11) is 1.45. The number of likely N-dealkylation sites (tertiary alicyclic amines) is 1. The second-order valence-electron chi connectivity index (χ2n) is 10.9. The summed E-state index contributed by atoms with van der Waals surface area (Å²) in [6.07, 6.45) is 17.4. The van der Waals surface area contributed by atoms with Crippen LogP contribution in [0.3, 0.4) is 0 Å². The van der Waals surface area contributed by atoms with Gasteiger partial charge in [-0.25, -0.2) is 0 Å². The van der Waals surface area contributed by atoms with Gasteiger partial charge in [-0.1, -0.05) is 127 Å². The molecule has 1 atom stereocenters. The van der Waals surface area contributed by atoms with Crippen LogP contribution in [-0.4, -0.2) is 40.5 Å². The van der Waals surface area contributed by atoms with Crippen LogP contribution in [0.15, 0.2) is 54.1 Å². The fourth-order valence-corrected chi connectivity index (χ4v) is 5.55. The summed E-state index contributed by atoms with van der Waals surface area (Å²) in [5, 5.41) is 21.2. The molecule has 1 heterocycles. The van der Waals surface area contributed by atoms with Crippen LogP contribution in [-0.2, 0) is 9.59 Å². The summed E-state index contributed by atoms with van der Waals surface area (Å²) in [5.74, 6) is -1.27. The Labute approximate surface area is 240 Å². The lowest BCUT2D eigenvalue weighted by Gasteiger charge is -2.26. The molecule has 218 valence electrons. The predicted octanol–water partition coefficient (Wildman–Crippen LogP) is 8.30. The van der Waals surface area contributed by atoms with Gasteiger partial charge < -0.3 is 19.8 Å². The molecule has 0 bridgehead atoms. The minimum Gasteiger partial charge on any atom is -0.507 e. The number of aliphatic hydroxyl groups is 1. The van der Waals surface area contributed by atoms with Crippen molar-refractivity contribution in [2.24, 2.45) is 0 Å². The number of ketones is 1. The number of rotatable bonds is 18. The maximum absolute atomic E-state index is 13.2. The molecule has 2 N–H and O–H groups in total. The van der Waals surface area contributed by atoms with E-state index in [1.807, 2.05) is 6.07 Å². The van der Waals surface area contributed by atoms with Crippen molar-refractivity contribution < 1.29 is 24.5 Å². The van der Waals surface area contributed by atoms with Gasteiger partial charge in [0.1, 0.15) is 5.76 Å². The zero-order valence-corrected chi connectivity index (χ0v) is 24.4. The Morgan fingerprint density at radius 1 is 0.800 bits per heavy atom. The number of phenolic OH excluding ortho intramolecular Hbond substituents is 1. The molecule has 2 aromatic carbocycles. The number of hydrogen-bond donors (Lipinski definition) is 2. The van der Waals surface area contributed by atoms with Gasteiger partial charge in [0.2, 0.25) is 0 Å². The molecular weight excluding hydrogens is 502 g/mol. The molecule has 0 unspecified atom stereocenters. The van der Waals surface area contributed by atoms with E-state index in [2.05, 4.69) is 6.92 Å². The summed E-state index contributed by atoms with van der Waals surface area (Å²) in [4.78, 5) is 27.9. The Kier molecular flexibility index (Phi) is 13.1. The quantitative estimate of drug-likeness (QED) is 0.0845. The van der Waals surface area contributed by atoms with E-state index in [4.69, 9.17) is 4.74 Å². The standard InChI is InChI=1S/C34H47NO5/c1-3-4-5-6-7-8-9-10-11-12-13-14-15-19-24-35-31(27-22-23-28(36)29(25-27)40-2)30(33(38)34(35)39)32(37)26-20-17-16-18-21-26/h16-18,20-23,25,31,36-37H,3-15,19,24H2,1-2H3/b32-30+/t31-/m0/s1. The number of Topliss-reactive ketones (excluding diaryl/α,β-unsaturated/α-hetero) is 1. The first-order valence-electron chi connectivity index (χ1n) is 15.2. The van der Waals surface area contributed by atoms with E-state index >= 15 is 0 Å². The van der Waals surface area contributed by atoms with Crippen LogP contribution < -0.4 is 4.74 Å². The van der Waals surface area contributed by atoms with E-state index in [9.17, 15) is 19.8 Å². The summed E-state index contributed by atoms with van der Waals surface area (Å²) < 4.78 is 5.28. The van der Waals surface area contributed by atoms with Crippen LogP contribution in [0.1, 0.15) is 114 Å². The zero-order valence-electron chi connectivity index (χ0n) is 24.4. The SMILES string of the molecule is CCCCCCCCCCCCCCCCN1C(=O)C(=O)/C(=C(/O)c2ccccc2)[C@@H]1c1ccc(O)c(OC)c1. The monoisotopic (exact) mass is 549 g/mol. The normalized spacial score (nSPS) is 16.6. The fourth-order valence-electron chi connectivity index (χ4n) is 5.55. The average molecular weight is 550 g/mol. The average Bonchev–Trinajstić information content (AvgIpc) is 3.22. The van der Waals surface area contributed by atoms with Gasteiger partial charge in [0.05, 0.1) is 18.7 Å². The zero-order chi connectivity index (χ0) is 28.7. The van der Waals surface area contributed by atoms with Crippen molar-refractivity contribution in [2.45, 2.75) is 103 Å². The van der Waals surface area contributed by atoms with Gasteiger partial charge in [0, 0.05) is 12.1 Å². The van der Waals surface area contributed by atoms with Crippen molar-refractivity contribution in [2.75, 3.05) is 13.7 Å². The molecule has 0 aliphatic carbocycles. The highest BCUT2D eigenvalue weighted by Crippen LogP contribution is 2.41. The minimum atomic E-state index is -0.753. The van der Waals surface area contributed by atoms with Crippen LogP contribution in [0.4, 0.5) is 0 Å². The van der Waals surface area contributed by atoms with Gasteiger partial charge in [-0.05, 0) is 24.1 Å². The molecule has 3 rings (SSSR count). The van der Waals surface area contributed by atoms with Gasteiger partial charge in [0.25, 0.3) is 11.7 Å². The fraction of sp³-hybridized carbons (Fsp3) is 0.529.